The van der Waals surface area contributed by atoms with Gasteiger partial charge in [0.15, 0.2) is 11.5 Å². The third-order valence-electron chi connectivity index (χ3n) is 8.41. The van der Waals surface area contributed by atoms with Crippen molar-refractivity contribution in [3.8, 4) is 11.4 Å². The lowest BCUT2D eigenvalue weighted by atomic mass is 9.92. The maximum atomic E-state index is 12.7. The van der Waals surface area contributed by atoms with Crippen LogP contribution in [0.1, 0.15) is 136 Å². The minimum Gasteiger partial charge on any atom is -0.354 e. The fraction of sp³-hybridized carbons (Fsp3) is 0.657. The summed E-state index contributed by atoms with van der Waals surface area (Å²) in [4.78, 5) is 39.0. The summed E-state index contributed by atoms with van der Waals surface area (Å²) >= 11 is 6.56. The highest BCUT2D eigenvalue weighted by atomic mass is 35.5. The highest BCUT2D eigenvalue weighted by Crippen LogP contribution is 2.34. The molecule has 1 aromatic carbocycles. The number of halogens is 1. The number of non-ortho nitro benzene ring substituents is 1. The lowest BCUT2D eigenvalue weighted by Crippen LogP contribution is -2.36. The van der Waals surface area contributed by atoms with Crippen LogP contribution >= 0.6 is 11.6 Å². The van der Waals surface area contributed by atoms with Crippen LogP contribution in [0.5, 0.6) is 0 Å². The van der Waals surface area contributed by atoms with Crippen molar-refractivity contribution in [1.82, 2.24) is 30.4 Å². The van der Waals surface area contributed by atoms with E-state index in [0.29, 0.717) is 40.6 Å². The number of urea groups is 1. The lowest BCUT2D eigenvalue weighted by Gasteiger charge is -2.14. The Bertz CT molecular complexity index is 1460. The van der Waals surface area contributed by atoms with Gasteiger partial charge in [0.25, 0.3) is 5.69 Å². The SMILES string of the molecule is CCCCCCCCCCCCCCCCCC(=O)NCCNC(=O)Nc1ccc([N+](=O)[O-])cc1-c1nn2nc(C(C)(C)C)c(Cl)c2[nH]1. The third-order valence-corrected chi connectivity index (χ3v) is 8.77. The first kappa shape index (κ1) is 38.8. The summed E-state index contributed by atoms with van der Waals surface area (Å²) in [5.74, 6) is 0.227. The van der Waals surface area contributed by atoms with E-state index in [1.54, 1.807) is 0 Å². The van der Waals surface area contributed by atoms with Crippen LogP contribution in [0.25, 0.3) is 17.0 Å². The molecule has 0 bridgehead atoms. The number of nitro groups is 1. The predicted octanol–water partition coefficient (Wildman–Crippen LogP) is 9.08. The van der Waals surface area contributed by atoms with E-state index in [-0.39, 0.29) is 29.4 Å². The molecule has 0 saturated heterocycles. The van der Waals surface area contributed by atoms with Crippen LogP contribution in [-0.2, 0) is 10.2 Å². The molecule has 48 heavy (non-hydrogen) atoms. The number of nitrogens with zero attached hydrogens (tertiary/aromatic N) is 4. The monoisotopic (exact) mass is 686 g/mol. The molecule has 2 aromatic heterocycles. The van der Waals surface area contributed by atoms with Crippen molar-refractivity contribution in [3.63, 3.8) is 0 Å². The van der Waals surface area contributed by atoms with Crippen molar-refractivity contribution in [2.45, 2.75) is 136 Å². The summed E-state index contributed by atoms with van der Waals surface area (Å²) in [5.41, 5.74) is 1.23. The summed E-state index contributed by atoms with van der Waals surface area (Å²) in [6, 6.07) is 3.55. The number of fused-ring (bicyclic) bond motifs is 1. The first-order valence-corrected chi connectivity index (χ1v) is 18.1. The van der Waals surface area contributed by atoms with E-state index in [1.165, 1.54) is 99.9 Å². The molecule has 0 aliphatic rings. The topological polar surface area (TPSA) is 159 Å². The number of anilines is 1. The van der Waals surface area contributed by atoms with Crippen LogP contribution < -0.4 is 16.0 Å². The highest BCUT2D eigenvalue weighted by molar-refractivity contribution is 6.34. The van der Waals surface area contributed by atoms with Crippen LogP contribution in [0.4, 0.5) is 16.2 Å². The van der Waals surface area contributed by atoms with Gasteiger partial charge in [0, 0.05) is 42.6 Å². The van der Waals surface area contributed by atoms with Crippen LogP contribution in [-0.4, -0.2) is 49.8 Å². The van der Waals surface area contributed by atoms with Gasteiger partial charge in [-0.3, -0.25) is 14.9 Å². The molecule has 0 unspecified atom stereocenters. The zero-order valence-electron chi connectivity index (χ0n) is 29.3. The Morgan fingerprint density at radius 2 is 1.44 bits per heavy atom. The highest BCUT2D eigenvalue weighted by Gasteiger charge is 2.26. The predicted molar refractivity (Wildman–Crippen MR) is 193 cm³/mol. The summed E-state index contributed by atoms with van der Waals surface area (Å²) in [7, 11) is 0. The number of carbonyl (C=O) groups is 2. The number of rotatable bonds is 22. The second-order valence-electron chi connectivity index (χ2n) is 13.6. The zero-order chi connectivity index (χ0) is 34.9. The number of hydrogen-bond donors (Lipinski definition) is 4. The molecule has 0 atom stereocenters. The molecule has 3 amide bonds. The Morgan fingerprint density at radius 3 is 1.98 bits per heavy atom. The number of aromatic amines is 1. The van der Waals surface area contributed by atoms with Gasteiger partial charge in [0.05, 0.1) is 16.3 Å². The fourth-order valence-electron chi connectivity index (χ4n) is 5.64. The standard InChI is InChI=1S/C35H55ClN8O4/c1-5-6-7-8-9-10-11-12-13-14-15-16-17-18-19-20-29(45)37-23-24-38-34(46)39-28-22-21-26(44(47)48)25-27(28)32-40-33-30(36)31(35(2,3)4)41-43(33)42-32/h21-22,25H,5-20,23-24H2,1-4H3,(H,37,45)(H,40,42)(H2,38,39,46). The smallest absolute Gasteiger partial charge is 0.319 e. The number of H-pyrrole nitrogens is 1. The number of carbonyl (C=O) groups excluding carboxylic acids is 2. The molecule has 0 saturated carbocycles. The van der Waals surface area contributed by atoms with Crippen molar-refractivity contribution >= 4 is 40.6 Å². The Morgan fingerprint density at radius 1 is 0.875 bits per heavy atom. The minimum atomic E-state index is -0.522. The van der Waals surface area contributed by atoms with Crippen molar-refractivity contribution < 1.29 is 14.5 Å². The molecule has 0 aliphatic carbocycles. The van der Waals surface area contributed by atoms with E-state index in [1.807, 2.05) is 20.8 Å². The van der Waals surface area contributed by atoms with Crippen molar-refractivity contribution in [3.05, 3.63) is 39.0 Å². The zero-order valence-corrected chi connectivity index (χ0v) is 30.0. The molecule has 4 N–H and O–H groups in total. The van der Waals surface area contributed by atoms with Gasteiger partial charge < -0.3 is 20.9 Å². The molecule has 2 heterocycles. The molecule has 0 spiro atoms. The summed E-state index contributed by atoms with van der Waals surface area (Å²) in [6.07, 6.45) is 19.7. The number of benzene rings is 1. The first-order chi connectivity index (χ1) is 23.0. The fourth-order valence-corrected chi connectivity index (χ4v) is 6.08. The van der Waals surface area contributed by atoms with Crippen LogP contribution in [0, 0.1) is 10.1 Å². The van der Waals surface area contributed by atoms with Crippen LogP contribution in [0.3, 0.4) is 0 Å². The summed E-state index contributed by atoms with van der Waals surface area (Å²) in [6.45, 7) is 8.72. The minimum absolute atomic E-state index is 0.0272. The lowest BCUT2D eigenvalue weighted by molar-refractivity contribution is -0.384. The van der Waals surface area contributed by atoms with Gasteiger partial charge in [0.2, 0.25) is 5.91 Å². The number of hydrogen-bond acceptors (Lipinski definition) is 6. The largest absolute Gasteiger partial charge is 0.354 e. The average molecular weight is 687 g/mol. The average Bonchev–Trinajstić information content (AvgIpc) is 3.60. The number of nitrogens with one attached hydrogen (secondary N) is 4. The van der Waals surface area contributed by atoms with Gasteiger partial charge in [-0.15, -0.1) is 9.73 Å². The van der Waals surface area contributed by atoms with E-state index < -0.39 is 11.0 Å². The molecule has 266 valence electrons. The van der Waals surface area contributed by atoms with E-state index in [0.717, 1.165) is 19.3 Å². The molecule has 0 radical (unpaired) electrons. The van der Waals surface area contributed by atoms with Gasteiger partial charge in [-0.05, 0) is 12.5 Å². The van der Waals surface area contributed by atoms with Gasteiger partial charge in [-0.2, -0.15) is 5.10 Å². The Kier molecular flexibility index (Phi) is 16.1. The molecule has 3 aromatic rings. The Hall–Kier alpha value is -3.67. The van der Waals surface area contributed by atoms with Gasteiger partial charge in [-0.1, -0.05) is 129 Å². The van der Waals surface area contributed by atoms with Gasteiger partial charge in [0.1, 0.15) is 5.02 Å². The Labute approximate surface area is 289 Å². The second kappa shape index (κ2) is 20.0. The van der Waals surface area contributed by atoms with E-state index in [2.05, 4.69) is 38.1 Å². The molecular formula is C35H55ClN8O4. The maximum absolute atomic E-state index is 12.7. The van der Waals surface area contributed by atoms with E-state index in [9.17, 15) is 19.7 Å². The number of amides is 3. The van der Waals surface area contributed by atoms with Gasteiger partial charge in [-0.25, -0.2) is 4.79 Å². The summed E-state index contributed by atoms with van der Waals surface area (Å²) in [5, 5.41) is 29.1. The molecule has 3 rings (SSSR count). The van der Waals surface area contributed by atoms with Gasteiger partial charge >= 0.3 is 6.03 Å². The second-order valence-corrected chi connectivity index (χ2v) is 14.0. The molecule has 12 nitrogen and oxygen atoms in total. The quantitative estimate of drug-likeness (QED) is 0.0469. The number of nitro benzene ring substituents is 1. The molecule has 0 fully saturated rings. The molecular weight excluding hydrogens is 632 g/mol. The number of unbranched alkanes of at least 4 members (excludes halogenated alkanes) is 14. The molecule has 0 aliphatic heterocycles. The van der Waals surface area contributed by atoms with Crippen molar-refractivity contribution in [1.29, 1.82) is 0 Å². The maximum Gasteiger partial charge on any atom is 0.319 e. The van der Waals surface area contributed by atoms with E-state index in [4.69, 9.17) is 11.6 Å². The van der Waals surface area contributed by atoms with E-state index >= 15 is 0 Å². The van der Waals surface area contributed by atoms with Crippen molar-refractivity contribution in [2.75, 3.05) is 18.4 Å². The number of aromatic nitrogens is 4. The van der Waals surface area contributed by atoms with Crippen molar-refractivity contribution in [2.24, 2.45) is 0 Å². The molecule has 13 heteroatoms. The first-order valence-electron chi connectivity index (χ1n) is 17.8. The normalized spacial score (nSPS) is 11.6. The Balaban J connectivity index is 1.33. The third kappa shape index (κ3) is 12.7. The van der Waals surface area contributed by atoms with Crippen LogP contribution in [0.15, 0.2) is 18.2 Å². The summed E-state index contributed by atoms with van der Waals surface area (Å²) < 4.78 is 1.35. The van der Waals surface area contributed by atoms with Crippen LogP contribution in [0.2, 0.25) is 5.02 Å².